The largest absolute Gasteiger partial charge is 0.458 e. The molecule has 0 aromatic heterocycles. The Morgan fingerprint density at radius 1 is 1.07 bits per heavy atom. The summed E-state index contributed by atoms with van der Waals surface area (Å²) < 4.78 is 5.14. The monoisotopic (exact) mass is 390 g/mol. The summed E-state index contributed by atoms with van der Waals surface area (Å²) in [6.07, 6.45) is 7.87. The number of hydrogen-bond acceptors (Lipinski definition) is 5. The molecule has 4 fully saturated rings. The molecule has 5 aliphatic rings. The molecule has 3 N–H and O–H groups in total. The van der Waals surface area contributed by atoms with E-state index in [4.69, 9.17) is 4.74 Å². The molecule has 0 amide bonds. The van der Waals surface area contributed by atoms with Crippen LogP contribution in [0.5, 0.6) is 0 Å². The minimum Gasteiger partial charge on any atom is -0.458 e. The number of carbonyl (C=O) groups is 1. The van der Waals surface area contributed by atoms with Crippen molar-refractivity contribution < 1.29 is 24.9 Å². The first-order chi connectivity index (χ1) is 13.2. The molecular weight excluding hydrogens is 356 g/mol. The van der Waals surface area contributed by atoms with Gasteiger partial charge in [0, 0.05) is 23.8 Å². The van der Waals surface area contributed by atoms with Crippen LogP contribution in [0.1, 0.15) is 65.2 Å². The normalized spacial score (nSPS) is 55.8. The van der Waals surface area contributed by atoms with E-state index in [1.54, 1.807) is 0 Å². The van der Waals surface area contributed by atoms with Gasteiger partial charge in [-0.3, -0.25) is 0 Å². The Balaban J connectivity index is 1.50. The predicted octanol–water partition coefficient (Wildman–Crippen LogP) is 2.58. The molecule has 0 aromatic carbocycles. The van der Waals surface area contributed by atoms with Crippen molar-refractivity contribution in [2.45, 2.75) is 83.0 Å². The first-order valence-electron chi connectivity index (χ1n) is 11.1. The minimum absolute atomic E-state index is 0.170. The number of fused-ring (bicyclic) bond motifs is 5. The number of cyclic esters (lactones) is 1. The molecule has 0 aromatic rings. The van der Waals surface area contributed by atoms with Crippen molar-refractivity contribution in [2.75, 3.05) is 6.61 Å². The molecule has 28 heavy (non-hydrogen) atoms. The molecular formula is C23H34O5. The molecule has 0 radical (unpaired) electrons. The van der Waals surface area contributed by atoms with E-state index in [2.05, 4.69) is 13.8 Å². The van der Waals surface area contributed by atoms with Crippen molar-refractivity contribution in [1.82, 2.24) is 0 Å². The molecule has 8 unspecified atom stereocenters. The van der Waals surface area contributed by atoms with Gasteiger partial charge < -0.3 is 20.1 Å². The lowest BCUT2D eigenvalue weighted by Crippen LogP contribution is -2.62. The molecule has 0 bridgehead atoms. The van der Waals surface area contributed by atoms with E-state index in [1.165, 1.54) is 6.08 Å². The summed E-state index contributed by atoms with van der Waals surface area (Å²) in [4.78, 5) is 11.7. The van der Waals surface area contributed by atoms with Crippen LogP contribution in [0.25, 0.3) is 0 Å². The second-order valence-electron chi connectivity index (χ2n) is 10.9. The molecule has 5 heteroatoms. The van der Waals surface area contributed by atoms with Crippen LogP contribution >= 0.6 is 0 Å². The van der Waals surface area contributed by atoms with Crippen LogP contribution < -0.4 is 0 Å². The van der Waals surface area contributed by atoms with Crippen molar-refractivity contribution in [3.05, 3.63) is 11.6 Å². The van der Waals surface area contributed by atoms with Crippen LogP contribution in [-0.2, 0) is 9.53 Å². The minimum atomic E-state index is -0.906. The highest BCUT2D eigenvalue weighted by Gasteiger charge is 2.70. The highest BCUT2D eigenvalue weighted by atomic mass is 16.5. The molecule has 5 rings (SSSR count). The zero-order chi connectivity index (χ0) is 19.9. The molecule has 0 saturated heterocycles. The number of esters is 1. The second-order valence-corrected chi connectivity index (χ2v) is 10.9. The summed E-state index contributed by atoms with van der Waals surface area (Å²) in [5, 5.41) is 33.3. The third kappa shape index (κ3) is 2.33. The van der Waals surface area contributed by atoms with Gasteiger partial charge in [-0.25, -0.2) is 4.79 Å². The van der Waals surface area contributed by atoms with E-state index in [-0.39, 0.29) is 35.9 Å². The lowest BCUT2D eigenvalue weighted by atomic mass is 9.43. The van der Waals surface area contributed by atoms with Crippen molar-refractivity contribution >= 4 is 5.97 Å². The molecule has 5 nitrogen and oxygen atoms in total. The summed E-state index contributed by atoms with van der Waals surface area (Å²) in [5.74, 6) is 0.627. The number of ether oxygens (including phenoxy) is 1. The van der Waals surface area contributed by atoms with E-state index in [1.807, 2.05) is 0 Å². The maximum atomic E-state index is 12.1. The second kappa shape index (κ2) is 6.05. The SMILES string of the molecule is CC12CCC(O)CC1CCC1C2CCC2(C)C(C3=CC(=O)OC3)C(O)C[C@]12O. The van der Waals surface area contributed by atoms with E-state index in [9.17, 15) is 20.1 Å². The van der Waals surface area contributed by atoms with Crippen molar-refractivity contribution in [3.63, 3.8) is 0 Å². The van der Waals surface area contributed by atoms with Gasteiger partial charge in [0.2, 0.25) is 0 Å². The average molecular weight is 391 g/mol. The van der Waals surface area contributed by atoms with Gasteiger partial charge in [0.15, 0.2) is 0 Å². The topological polar surface area (TPSA) is 87.0 Å². The Kier molecular flexibility index (Phi) is 4.12. The zero-order valence-corrected chi connectivity index (χ0v) is 17.1. The number of rotatable bonds is 1. The fraction of sp³-hybridized carbons (Fsp3) is 0.870. The maximum absolute atomic E-state index is 12.1. The van der Waals surface area contributed by atoms with Gasteiger partial charge in [0.05, 0.1) is 17.8 Å². The number of hydrogen-bond donors (Lipinski definition) is 3. The smallest absolute Gasteiger partial charge is 0.331 e. The van der Waals surface area contributed by atoms with Crippen molar-refractivity contribution in [2.24, 2.45) is 34.5 Å². The number of aliphatic hydroxyl groups excluding tert-OH is 2. The highest BCUT2D eigenvalue weighted by Crippen LogP contribution is 2.69. The van der Waals surface area contributed by atoms with Gasteiger partial charge in [-0.2, -0.15) is 0 Å². The van der Waals surface area contributed by atoms with E-state index >= 15 is 0 Å². The zero-order valence-electron chi connectivity index (χ0n) is 17.1. The lowest BCUT2D eigenvalue weighted by molar-refractivity contribution is -0.208. The average Bonchev–Trinajstić information content (AvgIpc) is 3.13. The Morgan fingerprint density at radius 2 is 1.86 bits per heavy atom. The van der Waals surface area contributed by atoms with Crippen molar-refractivity contribution in [1.29, 1.82) is 0 Å². The van der Waals surface area contributed by atoms with Gasteiger partial charge in [-0.05, 0) is 73.7 Å². The molecule has 9 atom stereocenters. The molecule has 156 valence electrons. The Morgan fingerprint density at radius 3 is 2.57 bits per heavy atom. The van der Waals surface area contributed by atoms with E-state index < -0.39 is 17.1 Å². The first kappa shape index (κ1) is 19.1. The quantitative estimate of drug-likeness (QED) is 0.599. The fourth-order valence-corrected chi connectivity index (χ4v) is 8.47. The Bertz CT molecular complexity index is 718. The predicted molar refractivity (Wildman–Crippen MR) is 103 cm³/mol. The number of carbonyl (C=O) groups excluding carboxylic acids is 1. The molecule has 0 spiro atoms. The third-order valence-corrected chi connectivity index (χ3v) is 9.92. The van der Waals surface area contributed by atoms with Gasteiger partial charge >= 0.3 is 5.97 Å². The van der Waals surface area contributed by atoms with E-state index in [0.717, 1.165) is 50.5 Å². The fourth-order valence-electron chi connectivity index (χ4n) is 8.47. The highest BCUT2D eigenvalue weighted by molar-refractivity contribution is 5.85. The maximum Gasteiger partial charge on any atom is 0.331 e. The van der Waals surface area contributed by atoms with Crippen LogP contribution in [-0.4, -0.2) is 45.7 Å². The Labute approximate surface area is 167 Å². The summed E-state index contributed by atoms with van der Waals surface area (Å²) in [6.45, 7) is 4.77. The Hall–Kier alpha value is -0.910. The lowest BCUT2D eigenvalue weighted by Gasteiger charge is -2.63. The standard InChI is InChI=1S/C23H34O5/c1-21-7-5-15(24)10-14(21)3-4-17-16(21)6-8-22(2)20(13-9-19(26)28-12-13)18(25)11-23(17,22)27/h9,14-18,20,24-25,27H,3-8,10-12H2,1-2H3/t14?,15?,16?,17?,18?,20?,21?,22?,23-/m0/s1. The third-order valence-electron chi connectivity index (χ3n) is 9.92. The molecule has 4 saturated carbocycles. The summed E-state index contributed by atoms with van der Waals surface area (Å²) in [7, 11) is 0. The van der Waals surface area contributed by atoms with Crippen LogP contribution in [0.15, 0.2) is 11.6 Å². The van der Waals surface area contributed by atoms with Crippen molar-refractivity contribution in [3.8, 4) is 0 Å². The van der Waals surface area contributed by atoms with Gasteiger partial charge in [0.25, 0.3) is 0 Å². The number of aliphatic hydroxyl groups is 3. The van der Waals surface area contributed by atoms with Crippen LogP contribution in [0.3, 0.4) is 0 Å². The van der Waals surface area contributed by atoms with Gasteiger partial charge in [-0.15, -0.1) is 0 Å². The summed E-state index contributed by atoms with van der Waals surface area (Å²) >= 11 is 0. The molecule has 4 aliphatic carbocycles. The molecule has 1 heterocycles. The molecule has 1 aliphatic heterocycles. The summed E-state index contributed by atoms with van der Waals surface area (Å²) in [5.41, 5.74) is -0.301. The van der Waals surface area contributed by atoms with Gasteiger partial charge in [0.1, 0.15) is 6.61 Å². The van der Waals surface area contributed by atoms with Crippen LogP contribution in [0.4, 0.5) is 0 Å². The van der Waals surface area contributed by atoms with E-state index in [0.29, 0.717) is 18.3 Å². The van der Waals surface area contributed by atoms with Crippen LogP contribution in [0.2, 0.25) is 0 Å². The summed E-state index contributed by atoms with van der Waals surface area (Å²) in [6, 6.07) is 0. The van der Waals surface area contributed by atoms with Crippen LogP contribution in [0, 0.1) is 34.5 Å². The van der Waals surface area contributed by atoms with Gasteiger partial charge in [-0.1, -0.05) is 13.8 Å². The first-order valence-corrected chi connectivity index (χ1v) is 11.1.